The lowest BCUT2D eigenvalue weighted by atomic mass is 10.1. The highest BCUT2D eigenvalue weighted by molar-refractivity contribution is 14.1. The highest BCUT2D eigenvalue weighted by atomic mass is 127. The van der Waals surface area contributed by atoms with Gasteiger partial charge in [-0.05, 0) is 78.4 Å². The molecule has 0 saturated carbocycles. The first-order valence-corrected chi connectivity index (χ1v) is 13.2. The van der Waals surface area contributed by atoms with E-state index in [2.05, 4.69) is 5.32 Å². The lowest BCUT2D eigenvalue weighted by Crippen LogP contribution is -2.14. The molecule has 0 bridgehead atoms. The van der Waals surface area contributed by atoms with Gasteiger partial charge >= 0.3 is 10.1 Å². The zero-order valence-corrected chi connectivity index (χ0v) is 22.6. The fourth-order valence-corrected chi connectivity index (χ4v) is 4.93. The zero-order valence-electron chi connectivity index (χ0n) is 19.6. The molecule has 0 spiro atoms. The average molecular weight is 633 g/mol. The third-order valence-corrected chi connectivity index (χ3v) is 6.86. The molecule has 0 saturated heterocycles. The Morgan fingerprint density at radius 3 is 2.51 bits per heavy atom. The van der Waals surface area contributed by atoms with Crippen molar-refractivity contribution in [2.24, 2.45) is 0 Å². The number of hydrogen-bond acceptors (Lipinski definition) is 8. The molecule has 0 aliphatic carbocycles. The summed E-state index contributed by atoms with van der Waals surface area (Å²) in [6.07, 6.45) is 1.29. The van der Waals surface area contributed by atoms with Gasteiger partial charge in [-0.1, -0.05) is 23.8 Å². The van der Waals surface area contributed by atoms with Crippen molar-refractivity contribution in [1.29, 1.82) is 5.26 Å². The number of nitro groups is 1. The van der Waals surface area contributed by atoms with Gasteiger partial charge in [0.25, 0.3) is 11.6 Å². The van der Waals surface area contributed by atoms with Crippen molar-refractivity contribution in [3.8, 4) is 17.6 Å². The molecule has 0 aromatic heterocycles. The Hall–Kier alpha value is -3.96. The summed E-state index contributed by atoms with van der Waals surface area (Å²) >= 11 is 1.87. The van der Waals surface area contributed by atoms with E-state index in [9.17, 15) is 28.6 Å². The minimum absolute atomic E-state index is 0.0232. The Kier molecular flexibility index (Phi) is 8.85. The third-order valence-electron chi connectivity index (χ3n) is 4.83. The van der Waals surface area contributed by atoms with Crippen LogP contribution in [0.3, 0.4) is 0 Å². The van der Waals surface area contributed by atoms with E-state index in [-0.39, 0.29) is 39.9 Å². The quantitative estimate of drug-likeness (QED) is 0.0842. The number of amides is 1. The number of hydrogen-bond donors (Lipinski definition) is 1. The smallest absolute Gasteiger partial charge is 0.339 e. The number of rotatable bonds is 9. The molecule has 3 rings (SSSR count). The Labute approximate surface area is 226 Å². The average Bonchev–Trinajstić information content (AvgIpc) is 2.85. The highest BCUT2D eigenvalue weighted by Crippen LogP contribution is 2.37. The van der Waals surface area contributed by atoms with Crippen LogP contribution in [0.4, 0.5) is 11.4 Å². The first kappa shape index (κ1) is 27.6. The lowest BCUT2D eigenvalue weighted by Gasteiger charge is -2.15. The van der Waals surface area contributed by atoms with Crippen LogP contribution in [0.1, 0.15) is 18.1 Å². The highest BCUT2D eigenvalue weighted by Gasteiger charge is 2.22. The molecule has 0 heterocycles. The monoisotopic (exact) mass is 633 g/mol. The molecule has 1 N–H and O–H groups in total. The van der Waals surface area contributed by atoms with E-state index >= 15 is 0 Å². The number of ether oxygens (including phenoxy) is 1. The van der Waals surface area contributed by atoms with Crippen molar-refractivity contribution in [3.63, 3.8) is 0 Å². The van der Waals surface area contributed by atoms with E-state index in [1.165, 1.54) is 54.6 Å². The summed E-state index contributed by atoms with van der Waals surface area (Å²) in [6.45, 7) is 3.74. The topological polar surface area (TPSA) is 149 Å². The maximum atomic E-state index is 12.8. The van der Waals surface area contributed by atoms with Gasteiger partial charge in [-0.25, -0.2) is 0 Å². The number of nitriles is 1. The van der Waals surface area contributed by atoms with Crippen LogP contribution in [0, 0.1) is 31.9 Å². The number of benzene rings is 3. The number of carbonyl (C=O) groups excluding carboxylic acids is 1. The Balaban J connectivity index is 1.93. The molecule has 0 unspecified atom stereocenters. The molecule has 0 atom stereocenters. The Morgan fingerprint density at radius 1 is 1.19 bits per heavy atom. The molecule has 0 fully saturated rings. The van der Waals surface area contributed by atoms with Gasteiger partial charge in [-0.3, -0.25) is 14.9 Å². The van der Waals surface area contributed by atoms with Crippen LogP contribution in [-0.2, 0) is 14.9 Å². The summed E-state index contributed by atoms with van der Waals surface area (Å²) in [5.41, 5.74) is 0.911. The van der Waals surface area contributed by atoms with E-state index in [0.29, 0.717) is 9.13 Å². The van der Waals surface area contributed by atoms with E-state index in [1.54, 1.807) is 25.1 Å². The van der Waals surface area contributed by atoms with Crippen molar-refractivity contribution in [1.82, 2.24) is 0 Å². The molecule has 1 amide bonds. The first-order valence-electron chi connectivity index (χ1n) is 10.7. The predicted molar refractivity (Wildman–Crippen MR) is 145 cm³/mol. The molecule has 37 heavy (non-hydrogen) atoms. The normalized spacial score (nSPS) is 11.4. The van der Waals surface area contributed by atoms with Gasteiger partial charge in [0.05, 0.1) is 15.1 Å². The fourth-order valence-electron chi connectivity index (χ4n) is 3.09. The van der Waals surface area contributed by atoms with Crippen LogP contribution in [-0.4, -0.2) is 25.9 Å². The van der Waals surface area contributed by atoms with Crippen LogP contribution in [0.25, 0.3) is 6.08 Å². The van der Waals surface area contributed by atoms with Gasteiger partial charge in [-0.2, -0.15) is 13.7 Å². The number of nitrogens with zero attached hydrogens (tertiary/aromatic N) is 2. The van der Waals surface area contributed by atoms with Gasteiger partial charge in [0.1, 0.15) is 16.5 Å². The zero-order chi connectivity index (χ0) is 27.2. The number of non-ortho nitro benzene ring substituents is 1. The Morgan fingerprint density at radius 2 is 1.89 bits per heavy atom. The summed E-state index contributed by atoms with van der Waals surface area (Å²) in [6, 6.07) is 16.3. The molecule has 0 radical (unpaired) electrons. The molecule has 0 aliphatic heterocycles. The van der Waals surface area contributed by atoms with E-state index in [0.717, 1.165) is 5.56 Å². The summed E-state index contributed by atoms with van der Waals surface area (Å²) in [5.74, 6) is -0.703. The first-order chi connectivity index (χ1) is 17.5. The maximum absolute atomic E-state index is 12.8. The van der Waals surface area contributed by atoms with Crippen LogP contribution in [0.15, 0.2) is 71.1 Å². The Bertz CT molecular complexity index is 1530. The number of halogens is 1. The SMILES string of the molecule is CCOc1cc(/C=C(\C#N)C(=O)Nc2cccc([N+](=O)[O-])c2)cc(I)c1OS(=O)(=O)c1ccc(C)cc1. The van der Waals surface area contributed by atoms with Gasteiger partial charge in [0.15, 0.2) is 11.5 Å². The second-order valence-corrected chi connectivity index (χ2v) is 10.3. The van der Waals surface area contributed by atoms with Gasteiger partial charge in [-0.15, -0.1) is 0 Å². The summed E-state index contributed by atoms with van der Waals surface area (Å²) in [4.78, 5) is 23.0. The number of aryl methyl sites for hydroxylation is 1. The molecule has 3 aromatic rings. The fraction of sp³-hybridized carbons (Fsp3) is 0.120. The minimum atomic E-state index is -4.16. The van der Waals surface area contributed by atoms with Crippen LogP contribution < -0.4 is 14.2 Å². The summed E-state index contributed by atoms with van der Waals surface area (Å²) < 4.78 is 37.0. The van der Waals surface area contributed by atoms with Crippen LogP contribution >= 0.6 is 22.6 Å². The maximum Gasteiger partial charge on any atom is 0.339 e. The lowest BCUT2D eigenvalue weighted by molar-refractivity contribution is -0.384. The van der Waals surface area contributed by atoms with Crippen molar-refractivity contribution < 1.29 is 27.1 Å². The molecule has 190 valence electrons. The van der Waals surface area contributed by atoms with Gasteiger partial charge in [0.2, 0.25) is 0 Å². The molecular weight excluding hydrogens is 613 g/mol. The van der Waals surface area contributed by atoms with Gasteiger partial charge < -0.3 is 14.2 Å². The standard InChI is InChI=1S/C25H20IN3O7S/c1-3-35-23-13-17(11-18(15-27)25(30)28-19-5-4-6-20(14-19)29(31)32)12-22(26)24(23)36-37(33,34)21-9-7-16(2)8-10-21/h4-14H,3H2,1-2H3,(H,28,30)/b18-11+. The van der Waals surface area contributed by atoms with Crippen LogP contribution in [0.5, 0.6) is 11.5 Å². The molecule has 10 nitrogen and oxygen atoms in total. The number of nitro benzene ring substituents is 1. The van der Waals surface area contributed by atoms with Crippen molar-refractivity contribution in [2.75, 3.05) is 11.9 Å². The minimum Gasteiger partial charge on any atom is -0.490 e. The van der Waals surface area contributed by atoms with E-state index in [4.69, 9.17) is 8.92 Å². The number of anilines is 1. The summed E-state index contributed by atoms with van der Waals surface area (Å²) in [7, 11) is -4.16. The van der Waals surface area contributed by atoms with Crippen LogP contribution in [0.2, 0.25) is 0 Å². The second kappa shape index (κ2) is 11.8. The summed E-state index contributed by atoms with van der Waals surface area (Å²) in [5, 5.41) is 23.0. The largest absolute Gasteiger partial charge is 0.490 e. The molecule has 0 aliphatic rings. The number of carbonyl (C=O) groups is 1. The molecule has 3 aromatic carbocycles. The number of nitrogens with one attached hydrogen (secondary N) is 1. The molecule has 12 heteroatoms. The third kappa shape index (κ3) is 7.05. The van der Waals surface area contributed by atoms with Crippen molar-refractivity contribution in [3.05, 3.63) is 91.0 Å². The van der Waals surface area contributed by atoms with Gasteiger partial charge in [0, 0.05) is 17.8 Å². The predicted octanol–water partition coefficient (Wildman–Crippen LogP) is 5.22. The molecular formula is C25H20IN3O7S. The van der Waals surface area contributed by atoms with E-state index < -0.39 is 20.9 Å². The second-order valence-electron chi connectivity index (χ2n) is 7.54. The van der Waals surface area contributed by atoms with Crippen molar-refractivity contribution >= 4 is 56.1 Å². The van der Waals surface area contributed by atoms with E-state index in [1.807, 2.05) is 29.5 Å². The van der Waals surface area contributed by atoms with Crippen molar-refractivity contribution in [2.45, 2.75) is 18.7 Å².